The van der Waals surface area contributed by atoms with Gasteiger partial charge in [0.2, 0.25) is 5.91 Å². The Morgan fingerprint density at radius 2 is 1.97 bits per heavy atom. The van der Waals surface area contributed by atoms with Gasteiger partial charge in [-0.05, 0) is 50.6 Å². The lowest BCUT2D eigenvalue weighted by atomic mass is 10.1. The van der Waals surface area contributed by atoms with Crippen molar-refractivity contribution in [2.45, 2.75) is 44.3 Å². The number of amides is 1. The molecule has 1 N–H and O–H groups in total. The number of aryl methyl sites for hydroxylation is 1. The third-order valence-corrected chi connectivity index (χ3v) is 7.01. The van der Waals surface area contributed by atoms with Crippen LogP contribution in [0.4, 0.5) is 0 Å². The average molecular weight is 451 g/mol. The van der Waals surface area contributed by atoms with Crippen LogP contribution in [0.3, 0.4) is 0 Å². The Hall–Kier alpha value is -2.64. The van der Waals surface area contributed by atoms with Crippen molar-refractivity contribution in [3.05, 3.63) is 70.0 Å². The van der Waals surface area contributed by atoms with Crippen LogP contribution in [0.2, 0.25) is 0 Å². The van der Waals surface area contributed by atoms with E-state index in [-0.39, 0.29) is 17.2 Å². The quantitative estimate of drug-likeness (QED) is 0.533. The predicted molar refractivity (Wildman–Crippen MR) is 130 cm³/mol. The molecule has 1 saturated heterocycles. The first-order valence-electron chi connectivity index (χ1n) is 11.2. The topological polar surface area (TPSA) is 67.2 Å². The molecule has 4 rings (SSSR count). The molecule has 1 fully saturated rings. The summed E-state index contributed by atoms with van der Waals surface area (Å²) in [6.07, 6.45) is 2.31. The van der Waals surface area contributed by atoms with E-state index in [9.17, 15) is 9.59 Å². The van der Waals surface area contributed by atoms with E-state index in [1.165, 1.54) is 23.7 Å². The summed E-state index contributed by atoms with van der Waals surface area (Å²) in [6.45, 7) is 7.45. The first-order valence-corrected chi connectivity index (χ1v) is 12.2. The van der Waals surface area contributed by atoms with Crippen LogP contribution in [-0.4, -0.2) is 51.8 Å². The summed E-state index contributed by atoms with van der Waals surface area (Å²) in [6, 6.07) is 16.3. The molecule has 0 spiro atoms. The van der Waals surface area contributed by atoms with Crippen LogP contribution in [-0.2, 0) is 11.3 Å². The van der Waals surface area contributed by atoms with Crippen LogP contribution in [0.25, 0.3) is 11.0 Å². The lowest BCUT2D eigenvalue weighted by Crippen LogP contribution is -2.40. The smallest absolute Gasteiger partial charge is 0.283 e. The van der Waals surface area contributed by atoms with Crippen LogP contribution in [0.15, 0.2) is 58.4 Å². The summed E-state index contributed by atoms with van der Waals surface area (Å²) in [4.78, 5) is 32.7. The number of likely N-dealkylation sites (N-methyl/N-ethyl adjacent to an activating group) is 1. The highest BCUT2D eigenvalue weighted by Crippen LogP contribution is 2.19. The molecule has 3 aromatic rings. The molecular weight excluding hydrogens is 420 g/mol. The minimum Gasteiger partial charge on any atom is -0.354 e. The van der Waals surface area contributed by atoms with Gasteiger partial charge in [-0.2, -0.15) is 0 Å². The zero-order valence-corrected chi connectivity index (χ0v) is 19.5. The molecule has 7 heteroatoms. The van der Waals surface area contributed by atoms with Gasteiger partial charge in [-0.1, -0.05) is 60.6 Å². The van der Waals surface area contributed by atoms with E-state index >= 15 is 0 Å². The minimum absolute atomic E-state index is 0.0580. The SMILES string of the molecule is CCN1CCC[C@@H]1CNC(=O)CSc1nc2ccccc2n(Cc2ccc(C)cc2)c1=O. The number of nitrogens with one attached hydrogen (secondary N) is 1. The Morgan fingerprint density at radius 1 is 1.19 bits per heavy atom. The van der Waals surface area contributed by atoms with Crippen molar-refractivity contribution in [1.29, 1.82) is 0 Å². The van der Waals surface area contributed by atoms with Gasteiger partial charge in [0, 0.05) is 12.6 Å². The van der Waals surface area contributed by atoms with Crippen LogP contribution >= 0.6 is 11.8 Å². The van der Waals surface area contributed by atoms with Gasteiger partial charge < -0.3 is 5.32 Å². The maximum Gasteiger partial charge on any atom is 0.283 e. The molecule has 0 saturated carbocycles. The Balaban J connectivity index is 1.49. The minimum atomic E-state index is -0.157. The number of carbonyl (C=O) groups is 1. The number of hydrogen-bond donors (Lipinski definition) is 1. The first kappa shape index (κ1) is 22.6. The zero-order chi connectivity index (χ0) is 22.5. The van der Waals surface area contributed by atoms with Gasteiger partial charge in [0.1, 0.15) is 0 Å². The fourth-order valence-corrected chi connectivity index (χ4v) is 5.02. The molecule has 168 valence electrons. The average Bonchev–Trinajstić information content (AvgIpc) is 3.27. The molecule has 1 amide bonds. The lowest BCUT2D eigenvalue weighted by molar-refractivity contribution is -0.118. The number of likely N-dealkylation sites (tertiary alicyclic amines) is 1. The van der Waals surface area contributed by atoms with Gasteiger partial charge >= 0.3 is 0 Å². The monoisotopic (exact) mass is 450 g/mol. The zero-order valence-electron chi connectivity index (χ0n) is 18.7. The highest BCUT2D eigenvalue weighted by Gasteiger charge is 2.23. The van der Waals surface area contributed by atoms with E-state index in [2.05, 4.69) is 22.1 Å². The van der Waals surface area contributed by atoms with E-state index in [4.69, 9.17) is 0 Å². The molecule has 0 unspecified atom stereocenters. The molecular formula is C25H30N4O2S. The molecule has 2 aromatic carbocycles. The molecule has 0 bridgehead atoms. The molecule has 1 aliphatic rings. The van der Waals surface area contributed by atoms with Crippen molar-refractivity contribution in [2.24, 2.45) is 0 Å². The Bertz CT molecular complexity index is 1140. The van der Waals surface area contributed by atoms with Gasteiger partial charge in [0.25, 0.3) is 5.56 Å². The number of thioether (sulfide) groups is 1. The molecule has 2 heterocycles. The van der Waals surface area contributed by atoms with Gasteiger partial charge in [0.15, 0.2) is 5.03 Å². The first-order chi connectivity index (χ1) is 15.5. The van der Waals surface area contributed by atoms with Crippen molar-refractivity contribution in [2.75, 3.05) is 25.4 Å². The van der Waals surface area contributed by atoms with E-state index < -0.39 is 0 Å². The van der Waals surface area contributed by atoms with Gasteiger partial charge in [0.05, 0.1) is 23.3 Å². The molecule has 0 radical (unpaired) electrons. The summed E-state index contributed by atoms with van der Waals surface area (Å²) in [7, 11) is 0. The summed E-state index contributed by atoms with van der Waals surface area (Å²) < 4.78 is 1.75. The molecule has 1 aliphatic heterocycles. The number of hydrogen-bond acceptors (Lipinski definition) is 5. The molecule has 1 aromatic heterocycles. The van der Waals surface area contributed by atoms with Crippen LogP contribution in [0.1, 0.15) is 30.9 Å². The van der Waals surface area contributed by atoms with Crippen molar-refractivity contribution < 1.29 is 4.79 Å². The second-order valence-electron chi connectivity index (χ2n) is 8.30. The van der Waals surface area contributed by atoms with Gasteiger partial charge in [-0.3, -0.25) is 19.1 Å². The van der Waals surface area contributed by atoms with Crippen molar-refractivity contribution in [3.8, 4) is 0 Å². The Morgan fingerprint density at radius 3 is 2.75 bits per heavy atom. The summed E-state index contributed by atoms with van der Waals surface area (Å²) in [5.74, 6) is 0.127. The van der Waals surface area contributed by atoms with Crippen LogP contribution in [0.5, 0.6) is 0 Å². The largest absolute Gasteiger partial charge is 0.354 e. The predicted octanol–water partition coefficient (Wildman–Crippen LogP) is 3.45. The second-order valence-corrected chi connectivity index (χ2v) is 9.26. The summed E-state index contributed by atoms with van der Waals surface area (Å²) >= 11 is 1.22. The third-order valence-electron chi connectivity index (χ3n) is 6.06. The van der Waals surface area contributed by atoms with E-state index in [0.29, 0.717) is 24.2 Å². The van der Waals surface area contributed by atoms with Crippen molar-refractivity contribution >= 4 is 28.7 Å². The maximum atomic E-state index is 13.3. The van der Waals surface area contributed by atoms with Crippen LogP contribution in [0, 0.1) is 6.92 Å². The molecule has 1 atom stereocenters. The standard InChI is InChI=1S/C25H30N4O2S/c1-3-28-14-6-7-20(28)15-26-23(30)17-32-24-25(31)29(16-19-12-10-18(2)11-13-19)22-9-5-4-8-21(22)27-24/h4-5,8-13,20H,3,6-7,14-17H2,1-2H3,(H,26,30)/t20-/m1/s1. The number of carbonyl (C=O) groups excluding carboxylic acids is 1. The van der Waals surface area contributed by atoms with Crippen molar-refractivity contribution in [1.82, 2.24) is 19.8 Å². The fourth-order valence-electron chi connectivity index (χ4n) is 4.26. The Kier molecular flexibility index (Phi) is 7.27. The van der Waals surface area contributed by atoms with E-state index in [0.717, 1.165) is 36.1 Å². The lowest BCUT2D eigenvalue weighted by Gasteiger charge is -2.22. The van der Waals surface area contributed by atoms with E-state index in [1.807, 2.05) is 55.5 Å². The fraction of sp³-hybridized carbons (Fsp3) is 0.400. The number of para-hydroxylation sites is 2. The Labute approximate surface area is 193 Å². The maximum absolute atomic E-state index is 13.3. The molecule has 32 heavy (non-hydrogen) atoms. The van der Waals surface area contributed by atoms with Crippen LogP contribution < -0.4 is 10.9 Å². The van der Waals surface area contributed by atoms with Crippen molar-refractivity contribution in [3.63, 3.8) is 0 Å². The normalized spacial score (nSPS) is 16.5. The highest BCUT2D eigenvalue weighted by atomic mass is 32.2. The highest BCUT2D eigenvalue weighted by molar-refractivity contribution is 7.99. The number of benzene rings is 2. The molecule has 6 nitrogen and oxygen atoms in total. The molecule has 0 aliphatic carbocycles. The number of aromatic nitrogens is 2. The van der Waals surface area contributed by atoms with Gasteiger partial charge in [-0.15, -0.1) is 0 Å². The van der Waals surface area contributed by atoms with Gasteiger partial charge in [-0.25, -0.2) is 4.98 Å². The number of fused-ring (bicyclic) bond motifs is 1. The summed E-state index contributed by atoms with van der Waals surface area (Å²) in [5.41, 5.74) is 3.64. The summed E-state index contributed by atoms with van der Waals surface area (Å²) in [5, 5.41) is 3.40. The van der Waals surface area contributed by atoms with E-state index in [1.54, 1.807) is 4.57 Å². The number of rotatable bonds is 8. The number of nitrogens with zero attached hydrogens (tertiary/aromatic N) is 3. The third kappa shape index (κ3) is 5.22. The second kappa shape index (κ2) is 10.3.